The molecule has 0 saturated carbocycles. The summed E-state index contributed by atoms with van der Waals surface area (Å²) in [5, 5.41) is 0. The van der Waals surface area contributed by atoms with Gasteiger partial charge in [0.2, 0.25) is 12.0 Å². The van der Waals surface area contributed by atoms with Crippen LogP contribution in [0.1, 0.15) is 12.0 Å². The van der Waals surface area contributed by atoms with Crippen LogP contribution in [0.2, 0.25) is 0 Å². The lowest BCUT2D eigenvalue weighted by Gasteiger charge is -2.25. The number of hydrogen-bond donors (Lipinski definition) is 2. The number of amides is 2. The lowest BCUT2D eigenvalue weighted by atomic mass is 10.1. The molecule has 1 atom stereocenters. The van der Waals surface area contributed by atoms with Gasteiger partial charge in [-0.25, -0.2) is 0 Å². The van der Waals surface area contributed by atoms with Gasteiger partial charge in [-0.2, -0.15) is 0 Å². The number of hydrazine groups is 1. The van der Waals surface area contributed by atoms with Gasteiger partial charge >= 0.3 is 0 Å². The van der Waals surface area contributed by atoms with Crippen molar-refractivity contribution >= 4 is 11.8 Å². The molecule has 2 aromatic rings. The number of carbonyl (C=O) groups excluding carboxylic acids is 2. The fourth-order valence-corrected chi connectivity index (χ4v) is 2.33. The summed E-state index contributed by atoms with van der Waals surface area (Å²) in [6, 6.07) is 16.8. The highest BCUT2D eigenvalue weighted by atomic mass is 16.6. The van der Waals surface area contributed by atoms with Crippen LogP contribution in [-0.4, -0.2) is 24.5 Å². The molecule has 0 saturated heterocycles. The van der Waals surface area contributed by atoms with Crippen LogP contribution in [0.15, 0.2) is 54.6 Å². The molecule has 124 valence electrons. The van der Waals surface area contributed by atoms with E-state index in [0.717, 1.165) is 5.56 Å². The number of benzene rings is 2. The van der Waals surface area contributed by atoms with Gasteiger partial charge in [0.05, 0.1) is 0 Å². The van der Waals surface area contributed by atoms with Crippen molar-refractivity contribution < 1.29 is 19.1 Å². The number of hydrogen-bond acceptors (Lipinski definition) is 4. The molecular formula is C18H18N2O4. The minimum atomic E-state index is -0.797. The van der Waals surface area contributed by atoms with Gasteiger partial charge < -0.3 is 9.47 Å². The second-order valence-corrected chi connectivity index (χ2v) is 5.39. The summed E-state index contributed by atoms with van der Waals surface area (Å²) in [5.41, 5.74) is 5.84. The lowest BCUT2D eigenvalue weighted by molar-refractivity contribution is -0.135. The number of nitrogens with one attached hydrogen (secondary N) is 2. The predicted molar refractivity (Wildman–Crippen MR) is 87.4 cm³/mol. The summed E-state index contributed by atoms with van der Waals surface area (Å²) in [6.45, 7) is 0.0999. The van der Waals surface area contributed by atoms with Crippen molar-refractivity contribution in [3.8, 4) is 11.5 Å². The fraction of sp³-hybridized carbons (Fsp3) is 0.222. The SMILES string of the molecule is O=C(CCc1ccccc1)NNC(=O)[C@H]1COc2ccccc2O1. The highest BCUT2D eigenvalue weighted by molar-refractivity contribution is 5.85. The van der Waals surface area contributed by atoms with E-state index in [1.165, 1.54) is 0 Å². The molecule has 6 heteroatoms. The Morgan fingerprint density at radius 1 is 0.958 bits per heavy atom. The zero-order chi connectivity index (χ0) is 16.8. The van der Waals surface area contributed by atoms with E-state index in [1.807, 2.05) is 36.4 Å². The van der Waals surface area contributed by atoms with Gasteiger partial charge in [-0.3, -0.25) is 20.4 Å². The van der Waals surface area contributed by atoms with Crippen LogP contribution in [0.4, 0.5) is 0 Å². The van der Waals surface area contributed by atoms with Gasteiger partial charge in [0, 0.05) is 6.42 Å². The Morgan fingerprint density at radius 3 is 2.46 bits per heavy atom. The Hall–Kier alpha value is -3.02. The van der Waals surface area contributed by atoms with E-state index in [2.05, 4.69) is 10.9 Å². The summed E-state index contributed by atoms with van der Waals surface area (Å²) >= 11 is 0. The van der Waals surface area contributed by atoms with Gasteiger partial charge in [-0.05, 0) is 24.1 Å². The maximum absolute atomic E-state index is 12.1. The van der Waals surface area contributed by atoms with E-state index in [-0.39, 0.29) is 18.9 Å². The van der Waals surface area contributed by atoms with E-state index in [0.29, 0.717) is 17.9 Å². The zero-order valence-electron chi connectivity index (χ0n) is 13.0. The van der Waals surface area contributed by atoms with Crippen LogP contribution in [0, 0.1) is 0 Å². The molecule has 1 aliphatic heterocycles. The standard InChI is InChI=1S/C18H18N2O4/c21-17(11-10-13-6-2-1-3-7-13)19-20-18(22)16-12-23-14-8-4-5-9-15(14)24-16/h1-9,16H,10-12H2,(H,19,21)(H,20,22)/t16-/m1/s1. The summed E-state index contributed by atoms with van der Waals surface area (Å²) in [6.07, 6.45) is 0.100. The van der Waals surface area contributed by atoms with Gasteiger partial charge in [0.15, 0.2) is 11.5 Å². The molecule has 6 nitrogen and oxygen atoms in total. The fourth-order valence-electron chi connectivity index (χ4n) is 2.33. The lowest BCUT2D eigenvalue weighted by Crippen LogP contribution is -2.50. The molecule has 0 aliphatic carbocycles. The van der Waals surface area contributed by atoms with Gasteiger partial charge in [-0.15, -0.1) is 0 Å². The highest BCUT2D eigenvalue weighted by Gasteiger charge is 2.27. The summed E-state index contributed by atoms with van der Waals surface area (Å²) in [7, 11) is 0. The third-order valence-electron chi connectivity index (χ3n) is 3.61. The molecule has 0 bridgehead atoms. The molecule has 0 spiro atoms. The van der Waals surface area contributed by atoms with Crippen LogP contribution in [0.3, 0.4) is 0 Å². The molecule has 1 heterocycles. The number of carbonyl (C=O) groups is 2. The Labute approximate surface area is 139 Å². The van der Waals surface area contributed by atoms with Crippen molar-refractivity contribution in [3.05, 3.63) is 60.2 Å². The van der Waals surface area contributed by atoms with Gasteiger partial charge in [-0.1, -0.05) is 42.5 Å². The largest absolute Gasteiger partial charge is 0.485 e. The second-order valence-electron chi connectivity index (χ2n) is 5.39. The molecular weight excluding hydrogens is 308 g/mol. The summed E-state index contributed by atoms with van der Waals surface area (Å²) < 4.78 is 11.0. The molecule has 0 aromatic heterocycles. The average Bonchev–Trinajstić information content (AvgIpc) is 2.65. The normalized spacial score (nSPS) is 15.4. The minimum Gasteiger partial charge on any atom is -0.485 e. The number of ether oxygens (including phenoxy) is 2. The quantitative estimate of drug-likeness (QED) is 0.837. The van der Waals surface area contributed by atoms with Crippen molar-refractivity contribution in [1.29, 1.82) is 0 Å². The van der Waals surface area contributed by atoms with Gasteiger partial charge in [0.1, 0.15) is 6.61 Å². The molecule has 2 amide bonds. The second kappa shape index (κ2) is 7.50. The predicted octanol–water partition coefficient (Wildman–Crippen LogP) is 1.61. The van der Waals surface area contributed by atoms with Crippen molar-refractivity contribution in [3.63, 3.8) is 0 Å². The maximum atomic E-state index is 12.1. The highest BCUT2D eigenvalue weighted by Crippen LogP contribution is 2.30. The minimum absolute atomic E-state index is 0.0999. The first kappa shape index (κ1) is 15.9. The summed E-state index contributed by atoms with van der Waals surface area (Å²) in [5.74, 6) is 0.412. The van der Waals surface area contributed by atoms with Crippen LogP contribution >= 0.6 is 0 Å². The van der Waals surface area contributed by atoms with Crippen LogP contribution in [-0.2, 0) is 16.0 Å². The third kappa shape index (κ3) is 4.04. The van der Waals surface area contributed by atoms with E-state index in [4.69, 9.17) is 9.47 Å². The van der Waals surface area contributed by atoms with Crippen molar-refractivity contribution in [2.75, 3.05) is 6.61 Å². The molecule has 0 radical (unpaired) electrons. The molecule has 2 aromatic carbocycles. The molecule has 0 fully saturated rings. The van der Waals surface area contributed by atoms with Gasteiger partial charge in [0.25, 0.3) is 5.91 Å². The van der Waals surface area contributed by atoms with E-state index >= 15 is 0 Å². The smallest absolute Gasteiger partial charge is 0.283 e. The number of aryl methyl sites for hydroxylation is 1. The number of rotatable bonds is 4. The Bertz CT molecular complexity index is 718. The van der Waals surface area contributed by atoms with Crippen molar-refractivity contribution in [2.24, 2.45) is 0 Å². The molecule has 0 unspecified atom stereocenters. The first-order valence-corrected chi connectivity index (χ1v) is 7.73. The average molecular weight is 326 g/mol. The monoisotopic (exact) mass is 326 g/mol. The number of fused-ring (bicyclic) bond motifs is 1. The first-order valence-electron chi connectivity index (χ1n) is 7.73. The number of para-hydroxylation sites is 2. The van der Waals surface area contributed by atoms with Crippen LogP contribution < -0.4 is 20.3 Å². The Kier molecular flexibility index (Phi) is 4.96. The maximum Gasteiger partial charge on any atom is 0.283 e. The molecule has 2 N–H and O–H groups in total. The van der Waals surface area contributed by atoms with Crippen molar-refractivity contribution in [2.45, 2.75) is 18.9 Å². The Morgan fingerprint density at radius 2 is 1.67 bits per heavy atom. The Balaban J connectivity index is 1.43. The third-order valence-corrected chi connectivity index (χ3v) is 3.61. The van der Waals surface area contributed by atoms with Crippen LogP contribution in [0.25, 0.3) is 0 Å². The van der Waals surface area contributed by atoms with E-state index < -0.39 is 12.0 Å². The molecule has 24 heavy (non-hydrogen) atoms. The molecule has 1 aliphatic rings. The van der Waals surface area contributed by atoms with Crippen LogP contribution in [0.5, 0.6) is 11.5 Å². The molecule has 3 rings (SSSR count). The van der Waals surface area contributed by atoms with Crippen molar-refractivity contribution in [1.82, 2.24) is 10.9 Å². The topological polar surface area (TPSA) is 76.7 Å². The van der Waals surface area contributed by atoms with E-state index in [1.54, 1.807) is 18.2 Å². The first-order chi connectivity index (χ1) is 11.7. The summed E-state index contributed by atoms with van der Waals surface area (Å²) in [4.78, 5) is 23.9. The van der Waals surface area contributed by atoms with E-state index in [9.17, 15) is 9.59 Å². The zero-order valence-corrected chi connectivity index (χ0v) is 13.0.